The van der Waals surface area contributed by atoms with Crippen LogP contribution in [0.5, 0.6) is 0 Å². The number of rotatable bonds is 2. The smallest absolute Gasteiger partial charge is 0.329 e. The van der Waals surface area contributed by atoms with E-state index in [4.69, 9.17) is 0 Å². The molecule has 2 aliphatic rings. The maximum absolute atomic E-state index is 13.3. The number of ketones is 1. The molecular weight excluding hydrogens is 434 g/mol. The van der Waals surface area contributed by atoms with E-state index in [0.717, 1.165) is 15.6 Å². The summed E-state index contributed by atoms with van der Waals surface area (Å²) in [5, 5.41) is 3.25. The zero-order valence-electron chi connectivity index (χ0n) is 15.5. The highest BCUT2D eigenvalue weighted by Gasteiger charge is 2.42. The van der Waals surface area contributed by atoms with Crippen LogP contribution in [0.3, 0.4) is 0 Å². The zero-order chi connectivity index (χ0) is 20.3. The Balaban J connectivity index is 1.87. The molecule has 2 heterocycles. The molecule has 0 bridgehead atoms. The number of aromatic nitrogens is 2. The molecule has 2 aromatic carbocycles. The number of benzene rings is 2. The van der Waals surface area contributed by atoms with Crippen LogP contribution in [0.15, 0.2) is 68.2 Å². The van der Waals surface area contributed by atoms with E-state index >= 15 is 0 Å². The van der Waals surface area contributed by atoms with E-state index in [0.29, 0.717) is 34.8 Å². The van der Waals surface area contributed by atoms with Crippen molar-refractivity contribution < 1.29 is 4.79 Å². The van der Waals surface area contributed by atoms with Crippen molar-refractivity contribution in [3.8, 4) is 0 Å². The molecule has 0 unspecified atom stereocenters. The Kier molecular flexibility index (Phi) is 3.96. The molecule has 2 N–H and O–H groups in total. The second-order valence-electron chi connectivity index (χ2n) is 7.04. The Bertz CT molecular complexity index is 1330. The lowest BCUT2D eigenvalue weighted by molar-refractivity contribution is 0.103. The van der Waals surface area contributed by atoms with Gasteiger partial charge in [-0.15, -0.1) is 0 Å². The maximum Gasteiger partial charge on any atom is 0.329 e. The molecule has 0 radical (unpaired) electrons. The Hall–Kier alpha value is -3.19. The molecule has 0 amide bonds. The normalized spacial score (nSPS) is 16.9. The van der Waals surface area contributed by atoms with Gasteiger partial charge in [-0.25, -0.2) is 4.79 Å². The third kappa shape index (κ3) is 2.50. The fourth-order valence-electron chi connectivity index (χ4n) is 4.25. The number of nitrogens with zero attached hydrogens (tertiary/aromatic N) is 1. The number of nitrogens with one attached hydrogen (secondary N) is 2. The van der Waals surface area contributed by atoms with Gasteiger partial charge in [-0.3, -0.25) is 19.1 Å². The van der Waals surface area contributed by atoms with Crippen molar-refractivity contribution in [1.29, 1.82) is 0 Å². The molecule has 1 aliphatic carbocycles. The van der Waals surface area contributed by atoms with Gasteiger partial charge in [-0.05, 0) is 24.6 Å². The minimum Gasteiger partial charge on any atom is -0.340 e. The lowest BCUT2D eigenvalue weighted by Crippen LogP contribution is -2.38. The minimum atomic E-state index is -0.573. The number of carbonyl (C=O) groups excluding carboxylic acids is 1. The first-order chi connectivity index (χ1) is 14.0. The van der Waals surface area contributed by atoms with Crippen molar-refractivity contribution >= 4 is 33.2 Å². The lowest BCUT2D eigenvalue weighted by atomic mass is 9.81. The largest absolute Gasteiger partial charge is 0.340 e. The first kappa shape index (κ1) is 17.9. The number of halogens is 1. The summed E-state index contributed by atoms with van der Waals surface area (Å²) in [5.74, 6) is -0.232. The molecule has 0 fully saturated rings. The molecular formula is C22H16BrN3O3. The number of fused-ring (bicyclic) bond motifs is 3. The van der Waals surface area contributed by atoms with Crippen molar-refractivity contribution in [3.63, 3.8) is 0 Å². The fraction of sp³-hybridized carbons (Fsp3) is 0.136. The van der Waals surface area contributed by atoms with Crippen molar-refractivity contribution in [2.45, 2.75) is 19.4 Å². The number of carbonyl (C=O) groups is 1. The van der Waals surface area contributed by atoms with Crippen LogP contribution in [0, 0.1) is 0 Å². The van der Waals surface area contributed by atoms with Crippen LogP contribution in [0.1, 0.15) is 39.9 Å². The van der Waals surface area contributed by atoms with Crippen LogP contribution in [0.2, 0.25) is 0 Å². The SMILES string of the molecule is CCn1c2c(c(=O)[nH]c1=O)[C@@H](c1ccc(Br)cc1)C1=C(N2)c2ccccc2C1=O. The Morgan fingerprint density at radius 2 is 1.69 bits per heavy atom. The summed E-state index contributed by atoms with van der Waals surface area (Å²) in [6.45, 7) is 2.23. The standard InChI is InChI=1S/C22H16BrN3O3/c1-2-26-20-17(21(28)25-22(26)29)15(11-7-9-12(23)10-8-11)16-18(24-20)13-5-3-4-6-14(13)19(16)27/h3-10,15,24H,2H2,1H3,(H,25,28,29)/t15-/m0/s1. The molecule has 3 aromatic rings. The second kappa shape index (κ2) is 6.42. The summed E-state index contributed by atoms with van der Waals surface area (Å²) < 4.78 is 2.40. The van der Waals surface area contributed by atoms with E-state index in [-0.39, 0.29) is 5.78 Å². The number of hydrogen-bond donors (Lipinski definition) is 2. The molecule has 5 rings (SSSR count). The molecule has 0 spiro atoms. The van der Waals surface area contributed by atoms with E-state index in [1.807, 2.05) is 49.4 Å². The maximum atomic E-state index is 13.3. The van der Waals surface area contributed by atoms with Crippen molar-refractivity contribution in [1.82, 2.24) is 9.55 Å². The van der Waals surface area contributed by atoms with Crippen LogP contribution in [0.4, 0.5) is 5.82 Å². The van der Waals surface area contributed by atoms with Gasteiger partial charge < -0.3 is 5.32 Å². The van der Waals surface area contributed by atoms with Crippen LogP contribution in [-0.4, -0.2) is 15.3 Å². The molecule has 144 valence electrons. The Morgan fingerprint density at radius 1 is 1.00 bits per heavy atom. The highest BCUT2D eigenvalue weighted by molar-refractivity contribution is 9.10. The molecule has 1 aromatic heterocycles. The first-order valence-electron chi connectivity index (χ1n) is 9.29. The molecule has 7 heteroatoms. The highest BCUT2D eigenvalue weighted by atomic mass is 79.9. The lowest BCUT2D eigenvalue weighted by Gasteiger charge is -2.29. The van der Waals surface area contributed by atoms with Gasteiger partial charge in [0.05, 0.1) is 11.3 Å². The van der Waals surface area contributed by atoms with Gasteiger partial charge >= 0.3 is 5.69 Å². The van der Waals surface area contributed by atoms with Crippen LogP contribution < -0.4 is 16.6 Å². The zero-order valence-corrected chi connectivity index (χ0v) is 17.0. The highest BCUT2D eigenvalue weighted by Crippen LogP contribution is 2.47. The molecule has 1 aliphatic heterocycles. The summed E-state index contributed by atoms with van der Waals surface area (Å²) >= 11 is 3.43. The molecule has 0 saturated carbocycles. The van der Waals surface area contributed by atoms with E-state index in [1.54, 1.807) is 6.07 Å². The van der Waals surface area contributed by atoms with E-state index in [1.165, 1.54) is 4.57 Å². The van der Waals surface area contributed by atoms with Gasteiger partial charge in [0, 0.05) is 33.6 Å². The van der Waals surface area contributed by atoms with Gasteiger partial charge in [0.15, 0.2) is 5.78 Å². The fourth-order valence-corrected chi connectivity index (χ4v) is 4.52. The number of anilines is 1. The van der Waals surface area contributed by atoms with Gasteiger partial charge in [0.25, 0.3) is 5.56 Å². The van der Waals surface area contributed by atoms with Crippen LogP contribution in [-0.2, 0) is 6.54 Å². The van der Waals surface area contributed by atoms with E-state index in [2.05, 4.69) is 26.2 Å². The summed E-state index contributed by atoms with van der Waals surface area (Å²) in [6, 6.07) is 14.9. The number of Topliss-reactive ketones (excluding diaryl/α,β-unsaturated/α-hetero) is 1. The summed E-state index contributed by atoms with van der Waals surface area (Å²) in [6.07, 6.45) is 0. The molecule has 1 atom stereocenters. The summed E-state index contributed by atoms with van der Waals surface area (Å²) in [5.41, 5.74) is 2.83. The number of aromatic amines is 1. The quantitative estimate of drug-likeness (QED) is 0.626. The van der Waals surface area contributed by atoms with Gasteiger partial charge in [0.1, 0.15) is 5.82 Å². The topological polar surface area (TPSA) is 84.0 Å². The van der Waals surface area contributed by atoms with Gasteiger partial charge in [-0.2, -0.15) is 0 Å². The Morgan fingerprint density at radius 3 is 2.38 bits per heavy atom. The van der Waals surface area contributed by atoms with Gasteiger partial charge in [-0.1, -0.05) is 52.3 Å². The average molecular weight is 450 g/mol. The van der Waals surface area contributed by atoms with Crippen molar-refractivity contribution in [2.24, 2.45) is 0 Å². The second-order valence-corrected chi connectivity index (χ2v) is 7.95. The van der Waals surface area contributed by atoms with Gasteiger partial charge in [0.2, 0.25) is 0 Å². The summed E-state index contributed by atoms with van der Waals surface area (Å²) in [4.78, 5) is 41.1. The average Bonchev–Trinajstić information content (AvgIpc) is 3.00. The predicted molar refractivity (Wildman–Crippen MR) is 114 cm³/mol. The third-order valence-electron chi connectivity index (χ3n) is 5.53. The predicted octanol–water partition coefficient (Wildman–Crippen LogP) is 3.48. The monoisotopic (exact) mass is 449 g/mol. The van der Waals surface area contributed by atoms with Crippen molar-refractivity contribution in [3.05, 3.63) is 102 Å². The molecule has 29 heavy (non-hydrogen) atoms. The number of H-pyrrole nitrogens is 1. The van der Waals surface area contributed by atoms with E-state index in [9.17, 15) is 14.4 Å². The molecule has 0 saturated heterocycles. The first-order valence-corrected chi connectivity index (χ1v) is 10.1. The Labute approximate surface area is 174 Å². The van der Waals surface area contributed by atoms with Crippen LogP contribution >= 0.6 is 15.9 Å². The summed E-state index contributed by atoms with van der Waals surface area (Å²) in [7, 11) is 0. The number of allylic oxidation sites excluding steroid dienone is 1. The van der Waals surface area contributed by atoms with E-state index < -0.39 is 17.2 Å². The van der Waals surface area contributed by atoms with Crippen molar-refractivity contribution in [2.75, 3.05) is 5.32 Å². The molecule has 6 nitrogen and oxygen atoms in total. The van der Waals surface area contributed by atoms with Crippen LogP contribution in [0.25, 0.3) is 5.70 Å². The minimum absolute atomic E-state index is 0.102. The third-order valence-corrected chi connectivity index (χ3v) is 6.06. The number of hydrogen-bond acceptors (Lipinski definition) is 4.